The number of anilines is 3. The molecule has 1 unspecified atom stereocenters. The Labute approximate surface area is 146 Å². The Morgan fingerprint density at radius 2 is 2.00 bits per heavy atom. The molecule has 3 rings (SSSR count). The molecule has 25 heavy (non-hydrogen) atoms. The fraction of sp³-hybridized carbons (Fsp3) is 0.471. The molecule has 1 fully saturated rings. The smallest absolute Gasteiger partial charge is 0.232 e. The summed E-state index contributed by atoms with van der Waals surface area (Å²) in [4.78, 5) is 15.0. The molecule has 0 amide bonds. The normalized spacial score (nSPS) is 18.2. The van der Waals surface area contributed by atoms with Gasteiger partial charge in [0.25, 0.3) is 0 Å². The lowest BCUT2D eigenvalue weighted by atomic mass is 10.00. The summed E-state index contributed by atoms with van der Waals surface area (Å²) in [6, 6.07) is 6.28. The number of hydrogen-bond acceptors (Lipinski definition) is 7. The fourth-order valence-electron chi connectivity index (χ4n) is 3.15. The first-order chi connectivity index (χ1) is 12.1. The molecular weight excluding hydrogens is 323 g/mol. The highest BCUT2D eigenvalue weighted by atomic mass is 19.1. The van der Waals surface area contributed by atoms with E-state index in [9.17, 15) is 9.50 Å². The molecule has 8 heteroatoms. The maximum Gasteiger partial charge on any atom is 0.232 e. The standard InChI is InChI=1S/C17H23FN6O/c18-12-4-6-13(7-5-12)20-17-22-15(21-16(19)23-17)11-24-9-2-1-3-14(24)8-10-25/h4-7,14,25H,1-3,8-11H2,(H3,19,20,21,22,23). The van der Waals surface area contributed by atoms with E-state index in [-0.39, 0.29) is 18.4 Å². The van der Waals surface area contributed by atoms with E-state index < -0.39 is 0 Å². The largest absolute Gasteiger partial charge is 0.396 e. The van der Waals surface area contributed by atoms with Gasteiger partial charge in [0.1, 0.15) is 11.6 Å². The number of halogens is 1. The van der Waals surface area contributed by atoms with Crippen LogP contribution in [-0.2, 0) is 6.54 Å². The average molecular weight is 346 g/mol. The number of nitrogen functional groups attached to an aromatic ring is 1. The number of benzene rings is 1. The van der Waals surface area contributed by atoms with Crippen LogP contribution in [0.15, 0.2) is 24.3 Å². The van der Waals surface area contributed by atoms with E-state index in [1.807, 2.05) is 0 Å². The van der Waals surface area contributed by atoms with Crippen LogP contribution in [0, 0.1) is 5.82 Å². The highest BCUT2D eigenvalue weighted by Gasteiger charge is 2.23. The number of aliphatic hydroxyl groups excluding tert-OH is 1. The number of aliphatic hydroxyl groups is 1. The van der Waals surface area contributed by atoms with Gasteiger partial charge in [-0.25, -0.2) is 4.39 Å². The van der Waals surface area contributed by atoms with Gasteiger partial charge in [0, 0.05) is 18.3 Å². The first-order valence-electron chi connectivity index (χ1n) is 8.52. The molecule has 0 aliphatic carbocycles. The van der Waals surface area contributed by atoms with Crippen LogP contribution in [0.2, 0.25) is 0 Å². The van der Waals surface area contributed by atoms with Crippen LogP contribution in [-0.4, -0.2) is 44.2 Å². The number of aromatic nitrogens is 3. The Hall–Kier alpha value is -2.32. The maximum absolute atomic E-state index is 13.0. The van der Waals surface area contributed by atoms with Crippen molar-refractivity contribution in [2.75, 3.05) is 24.2 Å². The van der Waals surface area contributed by atoms with Crippen molar-refractivity contribution in [2.45, 2.75) is 38.3 Å². The Balaban J connectivity index is 1.73. The zero-order valence-corrected chi connectivity index (χ0v) is 14.0. The molecule has 0 radical (unpaired) electrons. The van der Waals surface area contributed by atoms with Gasteiger partial charge >= 0.3 is 0 Å². The highest BCUT2D eigenvalue weighted by Crippen LogP contribution is 2.21. The van der Waals surface area contributed by atoms with Gasteiger partial charge in [-0.2, -0.15) is 15.0 Å². The molecule has 134 valence electrons. The third-order valence-electron chi connectivity index (χ3n) is 4.36. The Morgan fingerprint density at radius 1 is 1.20 bits per heavy atom. The zero-order valence-electron chi connectivity index (χ0n) is 14.0. The van der Waals surface area contributed by atoms with Gasteiger partial charge in [0.15, 0.2) is 0 Å². The number of nitrogens with zero attached hydrogens (tertiary/aromatic N) is 4. The van der Waals surface area contributed by atoms with Gasteiger partial charge in [-0.3, -0.25) is 4.90 Å². The fourth-order valence-corrected chi connectivity index (χ4v) is 3.15. The third kappa shape index (κ3) is 4.83. The lowest BCUT2D eigenvalue weighted by Gasteiger charge is -2.34. The minimum absolute atomic E-state index is 0.144. The number of nitrogens with two attached hydrogens (primary N) is 1. The molecule has 4 N–H and O–H groups in total. The zero-order chi connectivity index (χ0) is 17.6. The van der Waals surface area contributed by atoms with Crippen molar-refractivity contribution >= 4 is 17.6 Å². The number of hydrogen-bond donors (Lipinski definition) is 3. The van der Waals surface area contributed by atoms with Crippen molar-refractivity contribution in [3.63, 3.8) is 0 Å². The van der Waals surface area contributed by atoms with Crippen molar-refractivity contribution in [1.29, 1.82) is 0 Å². The minimum atomic E-state index is -0.304. The van der Waals surface area contributed by atoms with Gasteiger partial charge < -0.3 is 16.2 Å². The summed E-state index contributed by atoms with van der Waals surface area (Å²) in [5.41, 5.74) is 6.49. The predicted octanol–water partition coefficient (Wildman–Crippen LogP) is 2.07. The van der Waals surface area contributed by atoms with Gasteiger partial charge in [-0.1, -0.05) is 6.42 Å². The minimum Gasteiger partial charge on any atom is -0.396 e. The second-order valence-corrected chi connectivity index (χ2v) is 6.20. The molecule has 2 aromatic rings. The van der Waals surface area contributed by atoms with Gasteiger partial charge in [0.05, 0.1) is 6.54 Å². The van der Waals surface area contributed by atoms with Crippen LogP contribution < -0.4 is 11.1 Å². The molecule has 1 saturated heterocycles. The van der Waals surface area contributed by atoms with Gasteiger partial charge in [-0.05, 0) is 50.1 Å². The Kier molecular flexibility index (Phi) is 5.72. The van der Waals surface area contributed by atoms with E-state index in [1.54, 1.807) is 12.1 Å². The first-order valence-corrected chi connectivity index (χ1v) is 8.52. The van der Waals surface area contributed by atoms with E-state index in [1.165, 1.54) is 18.6 Å². The summed E-state index contributed by atoms with van der Waals surface area (Å²) in [7, 11) is 0. The molecule has 1 aliphatic heterocycles. The lowest BCUT2D eigenvalue weighted by Crippen LogP contribution is -2.40. The maximum atomic E-state index is 13.0. The monoisotopic (exact) mass is 346 g/mol. The number of likely N-dealkylation sites (tertiary alicyclic amines) is 1. The molecule has 0 bridgehead atoms. The number of nitrogens with one attached hydrogen (secondary N) is 1. The topological polar surface area (TPSA) is 100 Å². The predicted molar refractivity (Wildman–Crippen MR) is 93.7 cm³/mol. The molecule has 1 aromatic heterocycles. The second-order valence-electron chi connectivity index (χ2n) is 6.20. The van der Waals surface area contributed by atoms with Crippen LogP contribution in [0.5, 0.6) is 0 Å². The summed E-state index contributed by atoms with van der Waals surface area (Å²) in [6.07, 6.45) is 4.13. The molecule has 1 aliphatic rings. The molecule has 7 nitrogen and oxygen atoms in total. The van der Waals surface area contributed by atoms with Crippen LogP contribution in [0.1, 0.15) is 31.5 Å². The molecule has 1 aromatic carbocycles. The second kappa shape index (κ2) is 8.17. The third-order valence-corrected chi connectivity index (χ3v) is 4.36. The van der Waals surface area contributed by atoms with Crippen LogP contribution >= 0.6 is 0 Å². The van der Waals surface area contributed by atoms with Crippen LogP contribution in [0.4, 0.5) is 22.0 Å². The molecule has 2 heterocycles. The lowest BCUT2D eigenvalue weighted by molar-refractivity contribution is 0.110. The summed E-state index contributed by atoms with van der Waals surface area (Å²) in [5.74, 6) is 0.763. The van der Waals surface area contributed by atoms with E-state index in [0.29, 0.717) is 30.0 Å². The average Bonchev–Trinajstić information content (AvgIpc) is 2.58. The summed E-state index contributed by atoms with van der Waals surface area (Å²) >= 11 is 0. The summed E-state index contributed by atoms with van der Waals surface area (Å²) in [5, 5.41) is 12.3. The molecule has 1 atom stereocenters. The highest BCUT2D eigenvalue weighted by molar-refractivity contribution is 5.53. The number of piperidine rings is 1. The quantitative estimate of drug-likeness (QED) is 0.736. The van der Waals surface area contributed by atoms with E-state index in [0.717, 1.165) is 25.8 Å². The first kappa shape index (κ1) is 17.5. The Bertz CT molecular complexity index is 694. The molecule has 0 saturated carbocycles. The Morgan fingerprint density at radius 3 is 2.76 bits per heavy atom. The molecular formula is C17H23FN6O. The van der Waals surface area contributed by atoms with Crippen molar-refractivity contribution in [3.05, 3.63) is 35.9 Å². The van der Waals surface area contributed by atoms with Crippen molar-refractivity contribution in [2.24, 2.45) is 0 Å². The number of rotatable bonds is 6. The van der Waals surface area contributed by atoms with E-state index >= 15 is 0 Å². The van der Waals surface area contributed by atoms with E-state index in [2.05, 4.69) is 25.2 Å². The van der Waals surface area contributed by atoms with Crippen molar-refractivity contribution in [1.82, 2.24) is 19.9 Å². The SMILES string of the molecule is Nc1nc(CN2CCCCC2CCO)nc(Nc2ccc(F)cc2)n1. The van der Waals surface area contributed by atoms with Gasteiger partial charge in [0.2, 0.25) is 11.9 Å². The van der Waals surface area contributed by atoms with E-state index in [4.69, 9.17) is 5.73 Å². The van der Waals surface area contributed by atoms with Crippen molar-refractivity contribution in [3.8, 4) is 0 Å². The van der Waals surface area contributed by atoms with Gasteiger partial charge in [-0.15, -0.1) is 0 Å². The van der Waals surface area contributed by atoms with Crippen LogP contribution in [0.3, 0.4) is 0 Å². The van der Waals surface area contributed by atoms with Crippen molar-refractivity contribution < 1.29 is 9.50 Å². The molecule has 0 spiro atoms. The summed E-state index contributed by atoms with van der Waals surface area (Å²) < 4.78 is 13.0. The summed E-state index contributed by atoms with van der Waals surface area (Å²) in [6.45, 7) is 1.70. The van der Waals surface area contributed by atoms with Crippen LogP contribution in [0.25, 0.3) is 0 Å².